The molecule has 1 fully saturated rings. The second-order valence-electron chi connectivity index (χ2n) is 5.75. The number of rotatable bonds is 7. The van der Waals surface area contributed by atoms with Gasteiger partial charge < -0.3 is 10.1 Å². The number of hydrogen-bond donors (Lipinski definition) is 3. The largest absolute Gasteiger partial charge is 0.438 e. The van der Waals surface area contributed by atoms with Gasteiger partial charge in [-0.15, -0.1) is 4.83 Å². The number of halogens is 1. The van der Waals surface area contributed by atoms with Crippen molar-refractivity contribution in [1.29, 1.82) is 0 Å². The van der Waals surface area contributed by atoms with Crippen LogP contribution in [0.5, 0.6) is 11.6 Å². The van der Waals surface area contributed by atoms with E-state index in [1.165, 1.54) is 42.6 Å². The number of amides is 2. The summed E-state index contributed by atoms with van der Waals surface area (Å²) < 4.78 is 43.2. The lowest BCUT2D eigenvalue weighted by Gasteiger charge is -2.12. The number of nitrogens with zero attached hydrogens (tertiary/aromatic N) is 1. The lowest BCUT2D eigenvalue weighted by atomic mass is 10.3. The molecule has 2 aromatic rings. The summed E-state index contributed by atoms with van der Waals surface area (Å²) in [5.41, 5.74) is 2.08. The highest BCUT2D eigenvalue weighted by Crippen LogP contribution is 2.27. The number of urea groups is 1. The van der Waals surface area contributed by atoms with Crippen LogP contribution in [0.1, 0.15) is 12.8 Å². The van der Waals surface area contributed by atoms with Crippen molar-refractivity contribution in [1.82, 2.24) is 20.6 Å². The fourth-order valence-electron chi connectivity index (χ4n) is 2.04. The van der Waals surface area contributed by atoms with Crippen LogP contribution in [0.15, 0.2) is 47.5 Å². The van der Waals surface area contributed by atoms with E-state index in [0.717, 1.165) is 12.8 Å². The van der Waals surface area contributed by atoms with Crippen molar-refractivity contribution >= 4 is 16.1 Å². The predicted molar refractivity (Wildman–Crippen MR) is 90.3 cm³/mol. The molecule has 0 aliphatic heterocycles. The number of pyridine rings is 1. The first-order valence-corrected chi connectivity index (χ1v) is 9.36. The highest BCUT2D eigenvalue weighted by Gasteiger charge is 2.24. The van der Waals surface area contributed by atoms with E-state index < -0.39 is 21.9 Å². The van der Waals surface area contributed by atoms with Gasteiger partial charge in [-0.2, -0.15) is 0 Å². The molecule has 138 valence electrons. The number of nitrogens with one attached hydrogen (secondary N) is 3. The Bertz CT molecular complexity index is 885. The van der Waals surface area contributed by atoms with Gasteiger partial charge in [0, 0.05) is 12.7 Å². The molecule has 3 N–H and O–H groups in total. The quantitative estimate of drug-likeness (QED) is 0.636. The maximum Gasteiger partial charge on any atom is 0.329 e. The maximum absolute atomic E-state index is 13.0. The molecule has 26 heavy (non-hydrogen) atoms. The van der Waals surface area contributed by atoms with E-state index in [1.807, 2.05) is 4.83 Å². The summed E-state index contributed by atoms with van der Waals surface area (Å²) in [6.45, 7) is 0.499. The minimum atomic E-state index is -4.12. The van der Waals surface area contributed by atoms with Gasteiger partial charge in [-0.25, -0.2) is 22.6 Å². The number of benzene rings is 1. The summed E-state index contributed by atoms with van der Waals surface area (Å²) in [5.74, 6) is 0.0316. The molecule has 3 rings (SSSR count). The summed E-state index contributed by atoms with van der Waals surface area (Å²) in [5, 5.41) is 2.57. The van der Waals surface area contributed by atoms with Crippen molar-refractivity contribution in [3.63, 3.8) is 0 Å². The van der Waals surface area contributed by atoms with Crippen LogP contribution < -0.4 is 20.3 Å². The number of hydrogen-bond acceptors (Lipinski definition) is 5. The third-order valence-electron chi connectivity index (χ3n) is 3.60. The Morgan fingerprint density at radius 1 is 1.23 bits per heavy atom. The van der Waals surface area contributed by atoms with E-state index in [0.29, 0.717) is 12.5 Å². The van der Waals surface area contributed by atoms with Gasteiger partial charge in [0.1, 0.15) is 16.5 Å². The molecule has 2 amide bonds. The van der Waals surface area contributed by atoms with Gasteiger partial charge in [0.15, 0.2) is 0 Å². The molecule has 1 aliphatic carbocycles. The van der Waals surface area contributed by atoms with Crippen molar-refractivity contribution in [2.24, 2.45) is 5.92 Å². The Morgan fingerprint density at radius 2 is 1.96 bits per heavy atom. The van der Waals surface area contributed by atoms with Crippen molar-refractivity contribution in [2.75, 3.05) is 6.54 Å². The van der Waals surface area contributed by atoms with Crippen molar-refractivity contribution in [3.8, 4) is 11.6 Å². The van der Waals surface area contributed by atoms with Gasteiger partial charge in [-0.3, -0.25) is 5.43 Å². The highest BCUT2D eigenvalue weighted by atomic mass is 32.2. The van der Waals surface area contributed by atoms with Crippen LogP contribution in [0, 0.1) is 11.7 Å². The fraction of sp³-hybridized carbons (Fsp3) is 0.250. The summed E-state index contributed by atoms with van der Waals surface area (Å²) in [4.78, 5) is 17.2. The number of carbonyl (C=O) groups excluding carboxylic acids is 1. The summed E-state index contributed by atoms with van der Waals surface area (Å²) in [6, 6.07) is 7.09. The molecule has 1 aliphatic rings. The minimum Gasteiger partial charge on any atom is -0.438 e. The molecule has 0 unspecified atom stereocenters. The third-order valence-corrected chi connectivity index (χ3v) is 4.86. The number of ether oxygens (including phenoxy) is 1. The maximum atomic E-state index is 13.0. The zero-order valence-corrected chi connectivity index (χ0v) is 14.4. The second-order valence-corrected chi connectivity index (χ2v) is 7.40. The van der Waals surface area contributed by atoms with E-state index >= 15 is 0 Å². The average molecular weight is 380 g/mol. The van der Waals surface area contributed by atoms with Gasteiger partial charge in [0.25, 0.3) is 10.0 Å². The van der Waals surface area contributed by atoms with Crippen molar-refractivity contribution in [2.45, 2.75) is 17.7 Å². The third kappa shape index (κ3) is 4.90. The van der Waals surface area contributed by atoms with E-state index in [4.69, 9.17) is 4.74 Å². The Morgan fingerprint density at radius 3 is 2.65 bits per heavy atom. The molecular formula is C16H17FN4O4S. The molecule has 1 aromatic heterocycles. The molecule has 0 bridgehead atoms. The zero-order valence-electron chi connectivity index (χ0n) is 13.6. The molecule has 1 heterocycles. The SMILES string of the molecule is O=C(NCC1CC1)NNS(=O)(=O)c1cccnc1Oc1ccc(F)cc1. The van der Waals surface area contributed by atoms with Crippen LogP contribution in [0.4, 0.5) is 9.18 Å². The first-order chi connectivity index (χ1) is 12.4. The molecule has 0 radical (unpaired) electrons. The molecular weight excluding hydrogens is 363 g/mol. The normalized spacial score (nSPS) is 13.9. The van der Waals surface area contributed by atoms with Crippen LogP contribution in [-0.4, -0.2) is 26.0 Å². The van der Waals surface area contributed by atoms with Crippen LogP contribution in [0.3, 0.4) is 0 Å². The Labute approximate surface area is 149 Å². The summed E-state index contributed by atoms with van der Waals surface area (Å²) in [7, 11) is -4.12. The van der Waals surface area contributed by atoms with Gasteiger partial charge in [-0.1, -0.05) is 0 Å². The van der Waals surface area contributed by atoms with Gasteiger partial charge in [-0.05, 0) is 55.2 Å². The topological polar surface area (TPSA) is 109 Å². The Balaban J connectivity index is 1.68. The molecule has 10 heteroatoms. The monoisotopic (exact) mass is 380 g/mol. The molecule has 0 saturated heterocycles. The molecule has 8 nitrogen and oxygen atoms in total. The lowest BCUT2D eigenvalue weighted by molar-refractivity contribution is 0.239. The Kier molecular flexibility index (Phi) is 5.33. The molecule has 0 spiro atoms. The molecule has 1 aromatic carbocycles. The lowest BCUT2D eigenvalue weighted by Crippen LogP contribution is -2.47. The van der Waals surface area contributed by atoms with E-state index in [-0.39, 0.29) is 16.5 Å². The number of carbonyl (C=O) groups is 1. The van der Waals surface area contributed by atoms with Crippen molar-refractivity contribution < 1.29 is 22.3 Å². The predicted octanol–water partition coefficient (Wildman–Crippen LogP) is 1.92. The van der Waals surface area contributed by atoms with Crippen LogP contribution >= 0.6 is 0 Å². The van der Waals surface area contributed by atoms with E-state index in [1.54, 1.807) is 0 Å². The summed E-state index contributed by atoms with van der Waals surface area (Å²) in [6.07, 6.45) is 3.48. The van der Waals surface area contributed by atoms with Gasteiger partial charge >= 0.3 is 6.03 Å². The minimum absolute atomic E-state index is 0.202. The van der Waals surface area contributed by atoms with Gasteiger partial charge in [0.2, 0.25) is 5.88 Å². The number of sulfonamides is 1. The number of hydrazine groups is 1. The highest BCUT2D eigenvalue weighted by molar-refractivity contribution is 7.89. The molecule has 0 atom stereocenters. The average Bonchev–Trinajstić information content (AvgIpc) is 3.45. The molecule has 1 saturated carbocycles. The zero-order chi connectivity index (χ0) is 18.6. The van der Waals surface area contributed by atoms with Crippen molar-refractivity contribution in [3.05, 3.63) is 48.4 Å². The first-order valence-electron chi connectivity index (χ1n) is 7.88. The summed E-state index contributed by atoms with van der Waals surface area (Å²) >= 11 is 0. The van der Waals surface area contributed by atoms with E-state index in [9.17, 15) is 17.6 Å². The van der Waals surface area contributed by atoms with Crippen LogP contribution in [-0.2, 0) is 10.0 Å². The first kappa shape index (κ1) is 18.1. The fourth-order valence-corrected chi connectivity index (χ4v) is 2.96. The van der Waals surface area contributed by atoms with Crippen LogP contribution in [0.25, 0.3) is 0 Å². The number of aromatic nitrogens is 1. The second kappa shape index (κ2) is 7.67. The van der Waals surface area contributed by atoms with Crippen LogP contribution in [0.2, 0.25) is 0 Å². The van der Waals surface area contributed by atoms with E-state index in [2.05, 4.69) is 15.7 Å². The smallest absolute Gasteiger partial charge is 0.329 e. The standard InChI is InChI=1S/C16H17FN4O4S/c17-12-5-7-13(8-6-12)25-15-14(2-1-9-18-15)26(23,24)21-20-16(22)19-10-11-3-4-11/h1-2,5-9,11,21H,3-4,10H2,(H2,19,20,22). The van der Waals surface area contributed by atoms with Gasteiger partial charge in [0.05, 0.1) is 0 Å². The Hall–Kier alpha value is -2.72.